The van der Waals surface area contributed by atoms with Gasteiger partial charge in [-0.1, -0.05) is 24.6 Å². The van der Waals surface area contributed by atoms with E-state index in [-0.39, 0.29) is 5.41 Å². The fraction of sp³-hybridized carbons (Fsp3) is 0.385. The Morgan fingerprint density at radius 1 is 1.20 bits per heavy atom. The van der Waals surface area contributed by atoms with Crippen LogP contribution in [-0.2, 0) is 5.41 Å². The van der Waals surface area contributed by atoms with Crippen LogP contribution in [0.5, 0.6) is 0 Å². The van der Waals surface area contributed by atoms with Gasteiger partial charge in [-0.05, 0) is 37.5 Å². The highest BCUT2D eigenvalue weighted by Gasteiger charge is 2.29. The van der Waals surface area contributed by atoms with Crippen LogP contribution in [0.2, 0.25) is 0 Å². The van der Waals surface area contributed by atoms with Gasteiger partial charge in [-0.25, -0.2) is 8.78 Å². The Balaban J connectivity index is 2.42. The van der Waals surface area contributed by atoms with Crippen LogP contribution in [0.1, 0.15) is 32.3 Å². The first-order valence-corrected chi connectivity index (χ1v) is 5.15. The summed E-state index contributed by atoms with van der Waals surface area (Å²) < 4.78 is 25.9. The van der Waals surface area contributed by atoms with Crippen molar-refractivity contribution in [2.45, 2.75) is 32.1 Å². The minimum absolute atomic E-state index is 0.126. The maximum atomic E-state index is 13.1. The molecule has 2 rings (SSSR count). The summed E-state index contributed by atoms with van der Waals surface area (Å²) in [6, 6.07) is 4.19. The molecule has 0 spiro atoms. The van der Waals surface area contributed by atoms with Crippen molar-refractivity contribution in [1.82, 2.24) is 0 Å². The molecule has 1 aromatic rings. The van der Waals surface area contributed by atoms with Crippen LogP contribution in [0.4, 0.5) is 8.78 Å². The van der Waals surface area contributed by atoms with Crippen molar-refractivity contribution in [2.75, 3.05) is 0 Å². The number of hydrogen-bond acceptors (Lipinski definition) is 0. The first-order chi connectivity index (χ1) is 7.01. The standard InChI is InChI=1S/C13H14F2/c1-9-5-6-13(2,8-9)10-3-4-11(14)12(15)7-10/h3-4,7-8H,5-6H2,1-2H3/t13-/m1/s1. The monoisotopic (exact) mass is 208 g/mol. The van der Waals surface area contributed by atoms with E-state index < -0.39 is 11.6 Å². The topological polar surface area (TPSA) is 0 Å². The summed E-state index contributed by atoms with van der Waals surface area (Å²) >= 11 is 0. The molecule has 0 radical (unpaired) electrons. The lowest BCUT2D eigenvalue weighted by Gasteiger charge is -2.22. The summed E-state index contributed by atoms with van der Waals surface area (Å²) in [5, 5.41) is 0. The first-order valence-electron chi connectivity index (χ1n) is 5.15. The summed E-state index contributed by atoms with van der Waals surface area (Å²) in [7, 11) is 0. The van der Waals surface area contributed by atoms with Crippen molar-refractivity contribution in [3.63, 3.8) is 0 Å². The first kappa shape index (κ1) is 10.3. The van der Waals surface area contributed by atoms with Gasteiger partial charge in [0.1, 0.15) is 0 Å². The predicted octanol–water partition coefficient (Wildman–Crippen LogP) is 3.96. The lowest BCUT2D eigenvalue weighted by atomic mass is 9.82. The van der Waals surface area contributed by atoms with Gasteiger partial charge in [0.2, 0.25) is 0 Å². The summed E-state index contributed by atoms with van der Waals surface area (Å²) in [5.74, 6) is -1.53. The minimum Gasteiger partial charge on any atom is -0.204 e. The molecule has 15 heavy (non-hydrogen) atoms. The molecular formula is C13H14F2. The van der Waals surface area contributed by atoms with Gasteiger partial charge in [0, 0.05) is 5.41 Å². The number of halogens is 2. The average Bonchev–Trinajstić information content (AvgIpc) is 2.52. The number of hydrogen-bond donors (Lipinski definition) is 0. The van der Waals surface area contributed by atoms with Gasteiger partial charge in [-0.3, -0.25) is 0 Å². The predicted molar refractivity (Wildman–Crippen MR) is 56.7 cm³/mol. The van der Waals surface area contributed by atoms with Gasteiger partial charge in [0.05, 0.1) is 0 Å². The maximum absolute atomic E-state index is 13.1. The Bertz CT molecular complexity index is 421. The van der Waals surface area contributed by atoms with Crippen molar-refractivity contribution in [3.05, 3.63) is 47.0 Å². The number of allylic oxidation sites excluding steroid dienone is 2. The van der Waals surface area contributed by atoms with Gasteiger partial charge in [0.25, 0.3) is 0 Å². The Morgan fingerprint density at radius 3 is 2.47 bits per heavy atom. The molecule has 0 nitrogen and oxygen atoms in total. The van der Waals surface area contributed by atoms with E-state index in [0.717, 1.165) is 18.4 Å². The van der Waals surface area contributed by atoms with Gasteiger partial charge < -0.3 is 0 Å². The zero-order valence-electron chi connectivity index (χ0n) is 8.98. The zero-order valence-corrected chi connectivity index (χ0v) is 8.98. The summed E-state index contributed by atoms with van der Waals surface area (Å²) in [5.41, 5.74) is 2.05. The van der Waals surface area contributed by atoms with Crippen molar-refractivity contribution in [3.8, 4) is 0 Å². The molecule has 1 aromatic carbocycles. The maximum Gasteiger partial charge on any atom is 0.159 e. The van der Waals surface area contributed by atoms with E-state index in [0.29, 0.717) is 0 Å². The lowest BCUT2D eigenvalue weighted by molar-refractivity contribution is 0.498. The Labute approximate surface area is 88.6 Å². The molecule has 1 aliphatic carbocycles. The lowest BCUT2D eigenvalue weighted by Crippen LogP contribution is -2.15. The largest absolute Gasteiger partial charge is 0.204 e. The molecular weight excluding hydrogens is 194 g/mol. The third-order valence-electron chi connectivity index (χ3n) is 3.18. The average molecular weight is 208 g/mol. The molecule has 0 saturated carbocycles. The van der Waals surface area contributed by atoms with E-state index in [1.807, 2.05) is 0 Å². The third kappa shape index (κ3) is 1.81. The van der Waals surface area contributed by atoms with E-state index in [4.69, 9.17) is 0 Å². The van der Waals surface area contributed by atoms with Crippen LogP contribution < -0.4 is 0 Å². The minimum atomic E-state index is -0.777. The third-order valence-corrected chi connectivity index (χ3v) is 3.18. The SMILES string of the molecule is CC1=C[C@](C)(c2ccc(F)c(F)c2)CC1. The Kier molecular flexibility index (Phi) is 2.37. The van der Waals surface area contributed by atoms with Crippen molar-refractivity contribution in [1.29, 1.82) is 0 Å². The van der Waals surface area contributed by atoms with Gasteiger partial charge >= 0.3 is 0 Å². The molecule has 0 saturated heterocycles. The fourth-order valence-electron chi connectivity index (χ4n) is 2.22. The van der Waals surface area contributed by atoms with E-state index in [1.165, 1.54) is 17.7 Å². The van der Waals surface area contributed by atoms with Crippen LogP contribution in [0.15, 0.2) is 29.8 Å². The van der Waals surface area contributed by atoms with Gasteiger partial charge in [-0.15, -0.1) is 0 Å². The Morgan fingerprint density at radius 2 is 1.93 bits per heavy atom. The molecule has 0 aliphatic heterocycles. The van der Waals surface area contributed by atoms with Gasteiger partial charge in [0.15, 0.2) is 11.6 Å². The van der Waals surface area contributed by atoms with Crippen LogP contribution in [0.25, 0.3) is 0 Å². The van der Waals surface area contributed by atoms with Crippen LogP contribution in [0, 0.1) is 11.6 Å². The van der Waals surface area contributed by atoms with Gasteiger partial charge in [-0.2, -0.15) is 0 Å². The van der Waals surface area contributed by atoms with E-state index in [2.05, 4.69) is 19.9 Å². The zero-order chi connectivity index (χ0) is 11.1. The summed E-state index contributed by atoms with van der Waals surface area (Å²) in [6.45, 7) is 4.14. The highest BCUT2D eigenvalue weighted by molar-refractivity contribution is 5.35. The smallest absolute Gasteiger partial charge is 0.159 e. The van der Waals surface area contributed by atoms with Crippen molar-refractivity contribution < 1.29 is 8.78 Å². The quantitative estimate of drug-likeness (QED) is 0.613. The highest BCUT2D eigenvalue weighted by Crippen LogP contribution is 2.38. The molecule has 1 atom stereocenters. The second-order valence-corrected chi connectivity index (χ2v) is 4.54. The van der Waals surface area contributed by atoms with Crippen molar-refractivity contribution in [2.24, 2.45) is 0 Å². The molecule has 0 N–H and O–H groups in total. The Hall–Kier alpha value is -1.18. The molecule has 2 heteroatoms. The van der Waals surface area contributed by atoms with E-state index in [9.17, 15) is 8.78 Å². The van der Waals surface area contributed by atoms with Crippen molar-refractivity contribution >= 4 is 0 Å². The van der Waals surface area contributed by atoms with Crippen LogP contribution in [-0.4, -0.2) is 0 Å². The summed E-state index contributed by atoms with van der Waals surface area (Å²) in [6.07, 6.45) is 4.17. The molecule has 0 amide bonds. The van der Waals surface area contributed by atoms with Crippen LogP contribution in [0.3, 0.4) is 0 Å². The molecule has 80 valence electrons. The summed E-state index contributed by atoms with van der Waals surface area (Å²) in [4.78, 5) is 0. The van der Waals surface area contributed by atoms with E-state index in [1.54, 1.807) is 6.07 Å². The molecule has 0 aromatic heterocycles. The van der Waals surface area contributed by atoms with Crippen LogP contribution >= 0.6 is 0 Å². The molecule has 1 aliphatic rings. The second kappa shape index (κ2) is 3.44. The highest BCUT2D eigenvalue weighted by atomic mass is 19.2. The molecule has 0 unspecified atom stereocenters. The number of benzene rings is 1. The molecule has 0 heterocycles. The molecule has 0 fully saturated rings. The molecule has 0 bridgehead atoms. The fourth-order valence-corrected chi connectivity index (χ4v) is 2.22. The normalized spacial score (nSPS) is 25.5. The second-order valence-electron chi connectivity index (χ2n) is 4.54. The van der Waals surface area contributed by atoms with E-state index >= 15 is 0 Å². The number of rotatable bonds is 1.